The minimum absolute atomic E-state index is 0.0750. The fourth-order valence-corrected chi connectivity index (χ4v) is 1.99. The Hall–Kier alpha value is -1.21. The highest BCUT2D eigenvalue weighted by Gasteiger charge is 2.29. The first-order chi connectivity index (χ1) is 8.33. The molecule has 1 atom stereocenters. The van der Waals surface area contributed by atoms with E-state index in [1.165, 1.54) is 24.3 Å². The first-order valence-electron chi connectivity index (χ1n) is 5.22. The number of amides is 1. The summed E-state index contributed by atoms with van der Waals surface area (Å²) in [5, 5.41) is 2.86. The molecule has 1 aromatic carbocycles. The molecule has 0 bridgehead atoms. The highest BCUT2D eigenvalue weighted by atomic mass is 32.2. The number of carbonyl (C=O) groups excluding carboxylic acids is 1. The van der Waals surface area contributed by atoms with Crippen LogP contribution in [0.15, 0.2) is 29.2 Å². The van der Waals surface area contributed by atoms with E-state index in [4.69, 9.17) is 5.73 Å². The Balaban J connectivity index is 2.83. The van der Waals surface area contributed by atoms with E-state index in [9.17, 15) is 18.0 Å². The standard InChI is InChI=1S/C11H13F3N2OS/c1-2-16-9(10(15)17)7-3-5-8(6-4-7)18-11(12,13)14/h3-6,9,16H,2H2,1H3,(H2,15,17). The lowest BCUT2D eigenvalue weighted by atomic mass is 10.1. The largest absolute Gasteiger partial charge is 0.446 e. The average Bonchev–Trinajstić information content (AvgIpc) is 2.25. The number of primary amides is 1. The second kappa shape index (κ2) is 6.10. The van der Waals surface area contributed by atoms with Gasteiger partial charge in [0.05, 0.1) is 0 Å². The van der Waals surface area contributed by atoms with Crippen molar-refractivity contribution >= 4 is 17.7 Å². The second-order valence-electron chi connectivity index (χ2n) is 3.51. The molecule has 0 saturated carbocycles. The molecule has 1 rings (SSSR count). The number of benzene rings is 1. The summed E-state index contributed by atoms with van der Waals surface area (Å²) in [6, 6.07) is 4.89. The molecule has 1 unspecified atom stereocenters. The Labute approximate surface area is 107 Å². The van der Waals surface area contributed by atoms with Crippen LogP contribution in [0.3, 0.4) is 0 Å². The van der Waals surface area contributed by atoms with Gasteiger partial charge in [-0.2, -0.15) is 13.2 Å². The molecule has 0 aromatic heterocycles. The summed E-state index contributed by atoms with van der Waals surface area (Å²) >= 11 is -0.194. The molecule has 18 heavy (non-hydrogen) atoms. The molecule has 0 aliphatic heterocycles. The summed E-state index contributed by atoms with van der Waals surface area (Å²) in [7, 11) is 0. The van der Waals surface area contributed by atoms with Crippen LogP contribution in [-0.4, -0.2) is 18.0 Å². The summed E-state index contributed by atoms with van der Waals surface area (Å²) < 4.78 is 36.4. The number of thioether (sulfide) groups is 1. The number of nitrogens with two attached hydrogens (primary N) is 1. The lowest BCUT2D eigenvalue weighted by Crippen LogP contribution is -2.33. The number of alkyl halides is 3. The van der Waals surface area contributed by atoms with E-state index >= 15 is 0 Å². The Morgan fingerprint density at radius 1 is 1.39 bits per heavy atom. The quantitative estimate of drug-likeness (QED) is 0.813. The van der Waals surface area contributed by atoms with Crippen LogP contribution in [0.25, 0.3) is 0 Å². The van der Waals surface area contributed by atoms with E-state index < -0.39 is 17.5 Å². The summed E-state index contributed by atoms with van der Waals surface area (Å²) in [5.41, 5.74) is 1.45. The lowest BCUT2D eigenvalue weighted by Gasteiger charge is -2.15. The van der Waals surface area contributed by atoms with Crippen molar-refractivity contribution in [3.8, 4) is 0 Å². The highest BCUT2D eigenvalue weighted by molar-refractivity contribution is 8.00. The van der Waals surface area contributed by atoms with Crippen LogP contribution in [0.5, 0.6) is 0 Å². The average molecular weight is 278 g/mol. The maximum atomic E-state index is 12.1. The van der Waals surface area contributed by atoms with Crippen LogP contribution >= 0.6 is 11.8 Å². The Bertz CT molecular complexity index is 406. The van der Waals surface area contributed by atoms with E-state index in [1.54, 1.807) is 0 Å². The van der Waals surface area contributed by atoms with E-state index in [2.05, 4.69) is 5.32 Å². The van der Waals surface area contributed by atoms with Gasteiger partial charge in [-0.05, 0) is 36.0 Å². The van der Waals surface area contributed by atoms with E-state index in [1.807, 2.05) is 6.92 Å². The van der Waals surface area contributed by atoms with Gasteiger partial charge in [-0.1, -0.05) is 19.1 Å². The third-order valence-electron chi connectivity index (χ3n) is 2.14. The van der Waals surface area contributed by atoms with Gasteiger partial charge in [-0.15, -0.1) is 0 Å². The molecule has 0 saturated heterocycles. The molecular weight excluding hydrogens is 265 g/mol. The predicted molar refractivity (Wildman–Crippen MR) is 64.0 cm³/mol. The minimum Gasteiger partial charge on any atom is -0.368 e. The Kier molecular flexibility index (Phi) is 5.03. The number of halogens is 3. The molecule has 3 N–H and O–H groups in total. The first kappa shape index (κ1) is 14.8. The monoisotopic (exact) mass is 278 g/mol. The third-order valence-corrected chi connectivity index (χ3v) is 2.88. The number of nitrogens with one attached hydrogen (secondary N) is 1. The van der Waals surface area contributed by atoms with Gasteiger partial charge in [0.25, 0.3) is 0 Å². The summed E-state index contributed by atoms with van der Waals surface area (Å²) in [5.74, 6) is -0.562. The van der Waals surface area contributed by atoms with Gasteiger partial charge in [0.2, 0.25) is 5.91 Å². The molecular formula is C11H13F3N2OS. The number of likely N-dealkylation sites (N-methyl/N-ethyl adjacent to an activating group) is 1. The zero-order valence-corrected chi connectivity index (χ0v) is 10.4. The van der Waals surface area contributed by atoms with E-state index in [0.717, 1.165) is 0 Å². The lowest BCUT2D eigenvalue weighted by molar-refractivity contribution is -0.120. The molecule has 0 spiro atoms. The van der Waals surface area contributed by atoms with Crippen molar-refractivity contribution in [1.82, 2.24) is 5.32 Å². The second-order valence-corrected chi connectivity index (χ2v) is 4.65. The molecule has 7 heteroatoms. The van der Waals surface area contributed by atoms with Crippen molar-refractivity contribution in [3.63, 3.8) is 0 Å². The zero-order chi connectivity index (χ0) is 13.8. The van der Waals surface area contributed by atoms with Crippen molar-refractivity contribution in [2.45, 2.75) is 23.4 Å². The molecule has 0 aliphatic rings. The van der Waals surface area contributed by atoms with Crippen LogP contribution in [0.1, 0.15) is 18.5 Å². The van der Waals surface area contributed by atoms with Crippen LogP contribution in [0.2, 0.25) is 0 Å². The summed E-state index contributed by atoms with van der Waals surface area (Å²) in [4.78, 5) is 11.3. The maximum absolute atomic E-state index is 12.1. The van der Waals surface area contributed by atoms with Crippen molar-refractivity contribution in [2.24, 2.45) is 5.73 Å². The fraction of sp³-hybridized carbons (Fsp3) is 0.364. The van der Waals surface area contributed by atoms with Gasteiger partial charge in [-0.25, -0.2) is 0 Å². The van der Waals surface area contributed by atoms with Crippen LogP contribution in [-0.2, 0) is 4.79 Å². The molecule has 0 heterocycles. The van der Waals surface area contributed by atoms with E-state index in [-0.39, 0.29) is 16.7 Å². The van der Waals surface area contributed by atoms with Crippen LogP contribution in [0.4, 0.5) is 13.2 Å². The van der Waals surface area contributed by atoms with Crippen LogP contribution in [0, 0.1) is 0 Å². The Morgan fingerprint density at radius 3 is 2.33 bits per heavy atom. The maximum Gasteiger partial charge on any atom is 0.446 e. The van der Waals surface area contributed by atoms with Crippen molar-refractivity contribution < 1.29 is 18.0 Å². The minimum atomic E-state index is -4.31. The highest BCUT2D eigenvalue weighted by Crippen LogP contribution is 2.36. The SMILES string of the molecule is CCNC(C(N)=O)c1ccc(SC(F)(F)F)cc1. The molecule has 100 valence electrons. The third kappa shape index (κ3) is 4.58. The number of hydrogen-bond donors (Lipinski definition) is 2. The molecule has 0 radical (unpaired) electrons. The van der Waals surface area contributed by atoms with Crippen LogP contribution < -0.4 is 11.1 Å². The topological polar surface area (TPSA) is 55.1 Å². The van der Waals surface area contributed by atoms with Gasteiger partial charge in [-0.3, -0.25) is 4.79 Å². The predicted octanol–water partition coefficient (Wildman–Crippen LogP) is 2.43. The van der Waals surface area contributed by atoms with Gasteiger partial charge in [0.1, 0.15) is 6.04 Å². The number of rotatable bonds is 5. The fourth-order valence-electron chi connectivity index (χ4n) is 1.45. The molecule has 1 amide bonds. The smallest absolute Gasteiger partial charge is 0.368 e. The molecule has 1 aromatic rings. The van der Waals surface area contributed by atoms with Gasteiger partial charge in [0, 0.05) is 4.90 Å². The van der Waals surface area contributed by atoms with Crippen molar-refractivity contribution in [2.75, 3.05) is 6.54 Å². The van der Waals surface area contributed by atoms with Crippen molar-refractivity contribution in [3.05, 3.63) is 29.8 Å². The summed E-state index contributed by atoms with van der Waals surface area (Å²) in [6.07, 6.45) is 0. The first-order valence-corrected chi connectivity index (χ1v) is 6.03. The molecule has 3 nitrogen and oxygen atoms in total. The van der Waals surface area contributed by atoms with Gasteiger partial charge in [0.15, 0.2) is 0 Å². The Morgan fingerprint density at radius 2 is 1.94 bits per heavy atom. The normalized spacial score (nSPS) is 13.3. The number of carbonyl (C=O) groups is 1. The number of hydrogen-bond acceptors (Lipinski definition) is 3. The van der Waals surface area contributed by atoms with E-state index in [0.29, 0.717) is 12.1 Å². The summed E-state index contributed by atoms with van der Waals surface area (Å²) in [6.45, 7) is 2.34. The molecule has 0 aliphatic carbocycles. The zero-order valence-electron chi connectivity index (χ0n) is 9.62. The van der Waals surface area contributed by atoms with Crippen molar-refractivity contribution in [1.29, 1.82) is 0 Å². The van der Waals surface area contributed by atoms with Gasteiger partial charge >= 0.3 is 5.51 Å². The van der Waals surface area contributed by atoms with Gasteiger partial charge < -0.3 is 11.1 Å². The molecule has 0 fully saturated rings.